The number of thiophene rings is 1. The Morgan fingerprint density at radius 1 is 1.59 bits per heavy atom. The Kier molecular flexibility index (Phi) is 6.60. The average Bonchev–Trinajstić information content (AvgIpc) is 2.65. The molecule has 0 aliphatic carbocycles. The number of halogens is 2. The number of sulfonamides is 1. The third kappa shape index (κ3) is 4.60. The zero-order valence-corrected chi connectivity index (χ0v) is 14.0. The Balaban J connectivity index is 2.81. The van der Waals surface area contributed by atoms with Crippen LogP contribution in [-0.4, -0.2) is 33.5 Å². The van der Waals surface area contributed by atoms with Crippen molar-refractivity contribution in [3.8, 4) is 0 Å². The van der Waals surface area contributed by atoms with Gasteiger partial charge in [0, 0.05) is 23.0 Å². The van der Waals surface area contributed by atoms with Crippen LogP contribution in [0, 0.1) is 0 Å². The number of methoxy groups -OCH3 is 1. The van der Waals surface area contributed by atoms with Crippen LogP contribution in [0.1, 0.15) is 6.42 Å². The zero-order valence-electron chi connectivity index (χ0n) is 9.15. The summed E-state index contributed by atoms with van der Waals surface area (Å²) in [6.45, 7) is 0.355. The Morgan fingerprint density at radius 3 is 2.76 bits per heavy atom. The maximum atomic E-state index is 12.1. The van der Waals surface area contributed by atoms with Crippen LogP contribution in [0.2, 0.25) is 0 Å². The summed E-state index contributed by atoms with van der Waals surface area (Å²) < 4.78 is 32.7. The van der Waals surface area contributed by atoms with Gasteiger partial charge in [-0.1, -0.05) is 15.9 Å². The summed E-state index contributed by atoms with van der Waals surface area (Å²) in [6, 6.07) is 1.49. The van der Waals surface area contributed by atoms with Crippen LogP contribution < -0.4 is 4.72 Å². The van der Waals surface area contributed by atoms with Gasteiger partial charge in [0.15, 0.2) is 0 Å². The van der Waals surface area contributed by atoms with Gasteiger partial charge in [0.2, 0.25) is 0 Å². The molecule has 98 valence electrons. The van der Waals surface area contributed by atoms with Crippen molar-refractivity contribution < 1.29 is 13.2 Å². The van der Waals surface area contributed by atoms with Crippen molar-refractivity contribution in [3.63, 3.8) is 0 Å². The molecule has 0 amide bonds. The van der Waals surface area contributed by atoms with E-state index in [0.717, 1.165) is 5.33 Å². The molecule has 0 saturated heterocycles. The lowest BCUT2D eigenvalue weighted by molar-refractivity contribution is 0.173. The van der Waals surface area contributed by atoms with Gasteiger partial charge in [-0.3, -0.25) is 0 Å². The first-order valence-corrected chi connectivity index (χ1v) is 9.09. The Hall–Kier alpha value is 0.530. The number of hydrogen-bond donors (Lipinski definition) is 1. The lowest BCUT2D eigenvalue weighted by Crippen LogP contribution is -2.38. The summed E-state index contributed by atoms with van der Waals surface area (Å²) >= 11 is 7.70. The standard InChI is InChI=1S/C9H13Br2NO3S2/c1-15-6-7(2-4-10)12-17(13,14)9-8(11)3-5-16-9/h3,5,7,12H,2,4,6H2,1H3. The smallest absolute Gasteiger partial charge is 0.251 e. The molecule has 1 heterocycles. The van der Waals surface area contributed by atoms with Crippen molar-refractivity contribution >= 4 is 53.2 Å². The summed E-state index contributed by atoms with van der Waals surface area (Å²) in [6.07, 6.45) is 0.677. The topological polar surface area (TPSA) is 55.4 Å². The molecular weight excluding hydrogens is 394 g/mol. The van der Waals surface area contributed by atoms with Crippen LogP contribution in [0.3, 0.4) is 0 Å². The summed E-state index contributed by atoms with van der Waals surface area (Å²) in [5, 5.41) is 2.45. The fourth-order valence-corrected chi connectivity index (χ4v) is 5.42. The van der Waals surface area contributed by atoms with Crippen molar-refractivity contribution in [2.24, 2.45) is 0 Å². The van der Waals surface area contributed by atoms with E-state index in [2.05, 4.69) is 36.6 Å². The number of rotatable bonds is 7. The van der Waals surface area contributed by atoms with Crippen LogP contribution in [0.4, 0.5) is 0 Å². The highest BCUT2D eigenvalue weighted by Crippen LogP contribution is 2.27. The molecule has 1 N–H and O–H groups in total. The minimum atomic E-state index is -3.47. The maximum Gasteiger partial charge on any atom is 0.251 e. The van der Waals surface area contributed by atoms with Gasteiger partial charge in [0.25, 0.3) is 10.0 Å². The highest BCUT2D eigenvalue weighted by atomic mass is 79.9. The Labute approximate surface area is 122 Å². The van der Waals surface area contributed by atoms with Crippen LogP contribution in [0.25, 0.3) is 0 Å². The van der Waals surface area contributed by atoms with Gasteiger partial charge in [0.1, 0.15) is 4.21 Å². The predicted octanol–water partition coefficient (Wildman–Crippen LogP) is 2.59. The fourth-order valence-electron chi connectivity index (χ4n) is 1.25. The van der Waals surface area contributed by atoms with E-state index in [9.17, 15) is 8.42 Å². The van der Waals surface area contributed by atoms with Crippen molar-refractivity contribution in [3.05, 3.63) is 15.9 Å². The molecule has 17 heavy (non-hydrogen) atoms. The van der Waals surface area contributed by atoms with E-state index in [1.807, 2.05) is 0 Å². The van der Waals surface area contributed by atoms with E-state index in [0.29, 0.717) is 21.7 Å². The van der Waals surface area contributed by atoms with Gasteiger partial charge in [-0.25, -0.2) is 13.1 Å². The summed E-state index contributed by atoms with van der Waals surface area (Å²) in [5.74, 6) is 0. The number of hydrogen-bond acceptors (Lipinski definition) is 4. The monoisotopic (exact) mass is 405 g/mol. The molecule has 0 aliphatic rings. The first-order chi connectivity index (χ1) is 8.01. The van der Waals surface area contributed by atoms with Gasteiger partial charge < -0.3 is 4.74 Å². The molecule has 0 saturated carbocycles. The summed E-state index contributed by atoms with van der Waals surface area (Å²) in [4.78, 5) is 0. The van der Waals surface area contributed by atoms with Gasteiger partial charge >= 0.3 is 0 Å². The molecule has 0 aromatic carbocycles. The molecule has 0 aliphatic heterocycles. The quantitative estimate of drug-likeness (QED) is 0.708. The number of alkyl halides is 1. The first kappa shape index (κ1) is 15.6. The highest BCUT2D eigenvalue weighted by molar-refractivity contribution is 9.10. The molecule has 0 radical (unpaired) electrons. The Bertz CT molecular complexity index is 441. The van der Waals surface area contributed by atoms with E-state index in [1.54, 1.807) is 18.6 Å². The lowest BCUT2D eigenvalue weighted by atomic mass is 10.3. The van der Waals surface area contributed by atoms with E-state index in [-0.39, 0.29) is 6.04 Å². The molecule has 1 unspecified atom stereocenters. The largest absolute Gasteiger partial charge is 0.383 e. The van der Waals surface area contributed by atoms with Crippen LogP contribution >= 0.6 is 43.2 Å². The van der Waals surface area contributed by atoms with E-state index in [4.69, 9.17) is 4.74 Å². The minimum absolute atomic E-state index is 0.224. The molecule has 0 spiro atoms. The maximum absolute atomic E-state index is 12.1. The van der Waals surface area contributed by atoms with Crippen LogP contribution in [-0.2, 0) is 14.8 Å². The zero-order chi connectivity index (χ0) is 12.9. The fraction of sp³-hybridized carbons (Fsp3) is 0.556. The number of ether oxygens (including phenoxy) is 1. The van der Waals surface area contributed by atoms with E-state index >= 15 is 0 Å². The normalized spacial score (nSPS) is 13.8. The van der Waals surface area contributed by atoms with Gasteiger partial charge in [-0.15, -0.1) is 11.3 Å². The first-order valence-electron chi connectivity index (χ1n) is 4.81. The third-order valence-corrected chi connectivity index (χ3v) is 6.62. The Morgan fingerprint density at radius 2 is 2.29 bits per heavy atom. The van der Waals surface area contributed by atoms with E-state index < -0.39 is 10.0 Å². The van der Waals surface area contributed by atoms with Crippen molar-refractivity contribution in [1.82, 2.24) is 4.72 Å². The van der Waals surface area contributed by atoms with E-state index in [1.165, 1.54) is 11.3 Å². The minimum Gasteiger partial charge on any atom is -0.383 e. The molecule has 1 aromatic heterocycles. The summed E-state index contributed by atoms with van der Waals surface area (Å²) in [7, 11) is -1.92. The van der Waals surface area contributed by atoms with Crippen molar-refractivity contribution in [2.75, 3.05) is 19.0 Å². The van der Waals surface area contributed by atoms with Crippen LogP contribution in [0.5, 0.6) is 0 Å². The SMILES string of the molecule is COCC(CCBr)NS(=O)(=O)c1sccc1Br. The molecular formula is C9H13Br2NO3S2. The molecule has 1 aromatic rings. The molecule has 1 rings (SSSR count). The van der Waals surface area contributed by atoms with Crippen LogP contribution in [0.15, 0.2) is 20.1 Å². The average molecular weight is 407 g/mol. The highest BCUT2D eigenvalue weighted by Gasteiger charge is 2.23. The van der Waals surface area contributed by atoms with Crippen molar-refractivity contribution in [2.45, 2.75) is 16.7 Å². The second kappa shape index (κ2) is 7.20. The molecule has 0 bridgehead atoms. The lowest BCUT2D eigenvalue weighted by Gasteiger charge is -2.16. The van der Waals surface area contributed by atoms with Crippen molar-refractivity contribution in [1.29, 1.82) is 0 Å². The second-order valence-electron chi connectivity index (χ2n) is 3.31. The van der Waals surface area contributed by atoms with Gasteiger partial charge in [0.05, 0.1) is 6.61 Å². The molecule has 8 heteroatoms. The third-order valence-electron chi connectivity index (χ3n) is 1.98. The molecule has 0 fully saturated rings. The predicted molar refractivity (Wildman–Crippen MR) is 76.4 cm³/mol. The second-order valence-corrected chi connectivity index (χ2v) is 7.78. The number of nitrogens with one attached hydrogen (secondary N) is 1. The molecule has 4 nitrogen and oxygen atoms in total. The summed E-state index contributed by atoms with van der Waals surface area (Å²) in [5.41, 5.74) is 0. The molecule has 1 atom stereocenters. The van der Waals surface area contributed by atoms with Gasteiger partial charge in [-0.05, 0) is 33.8 Å². The van der Waals surface area contributed by atoms with Gasteiger partial charge in [-0.2, -0.15) is 0 Å².